The van der Waals surface area contributed by atoms with E-state index in [9.17, 15) is 22.8 Å². The minimum Gasteiger partial charge on any atom is -0.446 e. The van der Waals surface area contributed by atoms with E-state index in [0.717, 1.165) is 28.7 Å². The second kappa shape index (κ2) is 8.63. The molecule has 0 N–H and O–H groups in total. The third-order valence-electron chi connectivity index (χ3n) is 5.26. The highest BCUT2D eigenvalue weighted by Gasteiger charge is 2.39. The van der Waals surface area contributed by atoms with Gasteiger partial charge in [0.2, 0.25) is 5.91 Å². The topological polar surface area (TPSA) is 46.6 Å². The number of cyclic esters (lactones) is 1. The molecule has 4 rings (SSSR count). The molecule has 2 atom stereocenters. The summed E-state index contributed by atoms with van der Waals surface area (Å²) in [6.07, 6.45) is -1.03. The molecule has 31 heavy (non-hydrogen) atoms. The number of imide groups is 1. The van der Waals surface area contributed by atoms with Crippen LogP contribution in [0, 0.1) is 17.5 Å². The summed E-state index contributed by atoms with van der Waals surface area (Å²) < 4.78 is 46.3. The van der Waals surface area contributed by atoms with Crippen LogP contribution in [-0.2, 0) is 9.53 Å². The van der Waals surface area contributed by atoms with Crippen LogP contribution in [0.4, 0.5) is 18.0 Å². The summed E-state index contributed by atoms with van der Waals surface area (Å²) >= 11 is 0. The van der Waals surface area contributed by atoms with E-state index in [1.807, 2.05) is 6.07 Å². The Bertz CT molecular complexity index is 1080. The van der Waals surface area contributed by atoms with E-state index in [1.165, 1.54) is 24.3 Å². The lowest BCUT2D eigenvalue weighted by Gasteiger charge is -2.24. The summed E-state index contributed by atoms with van der Waals surface area (Å²) in [7, 11) is 0. The van der Waals surface area contributed by atoms with E-state index in [1.54, 1.807) is 24.3 Å². The molecular weight excluding hydrogens is 407 g/mol. The Kier molecular flexibility index (Phi) is 5.75. The zero-order chi connectivity index (χ0) is 22.0. The molecule has 4 nitrogen and oxygen atoms in total. The normalized spacial score (nSPS) is 16.8. The summed E-state index contributed by atoms with van der Waals surface area (Å²) in [4.78, 5) is 26.5. The van der Waals surface area contributed by atoms with Crippen LogP contribution in [-0.4, -0.2) is 23.5 Å². The quantitative estimate of drug-likeness (QED) is 0.554. The van der Waals surface area contributed by atoms with E-state index >= 15 is 0 Å². The van der Waals surface area contributed by atoms with Gasteiger partial charge in [-0.15, -0.1) is 0 Å². The number of carbonyl (C=O) groups excluding carboxylic acids is 2. The molecule has 7 heteroatoms. The van der Waals surface area contributed by atoms with Gasteiger partial charge in [-0.05, 0) is 41.0 Å². The van der Waals surface area contributed by atoms with Crippen LogP contribution >= 0.6 is 0 Å². The van der Waals surface area contributed by atoms with Gasteiger partial charge in [-0.2, -0.15) is 0 Å². The molecule has 0 unspecified atom stereocenters. The molecule has 1 heterocycles. The van der Waals surface area contributed by atoms with Gasteiger partial charge < -0.3 is 4.74 Å². The average Bonchev–Trinajstić information content (AvgIpc) is 3.14. The van der Waals surface area contributed by atoms with Crippen molar-refractivity contribution in [3.8, 4) is 0 Å². The van der Waals surface area contributed by atoms with E-state index in [4.69, 9.17) is 4.74 Å². The number of halogens is 3. The molecule has 0 aromatic heterocycles. The Balaban J connectivity index is 1.68. The van der Waals surface area contributed by atoms with Gasteiger partial charge in [-0.1, -0.05) is 42.5 Å². The summed E-state index contributed by atoms with van der Waals surface area (Å²) in [6, 6.07) is 16.7. The fourth-order valence-corrected chi connectivity index (χ4v) is 3.79. The lowest BCUT2D eigenvalue weighted by atomic mass is 9.87. The number of amides is 2. The Morgan fingerprint density at radius 2 is 1.55 bits per heavy atom. The molecule has 0 saturated carbocycles. The number of hydrogen-bond donors (Lipinski definition) is 0. The van der Waals surface area contributed by atoms with Crippen LogP contribution in [0.3, 0.4) is 0 Å². The maximum Gasteiger partial charge on any atom is 0.417 e. The summed E-state index contributed by atoms with van der Waals surface area (Å²) in [5.74, 6) is -3.42. The van der Waals surface area contributed by atoms with Gasteiger partial charge in [0, 0.05) is 18.4 Å². The largest absolute Gasteiger partial charge is 0.446 e. The smallest absolute Gasteiger partial charge is 0.417 e. The average molecular weight is 425 g/mol. The van der Waals surface area contributed by atoms with Gasteiger partial charge in [0.1, 0.15) is 30.1 Å². The lowest BCUT2D eigenvalue weighted by Crippen LogP contribution is -2.35. The van der Waals surface area contributed by atoms with Gasteiger partial charge in [-0.3, -0.25) is 4.79 Å². The molecule has 2 amide bonds. The zero-order valence-electron chi connectivity index (χ0n) is 16.3. The Hall–Kier alpha value is -3.61. The second-order valence-electron chi connectivity index (χ2n) is 7.28. The summed E-state index contributed by atoms with van der Waals surface area (Å²) in [6.45, 7) is 0.0182. The highest BCUT2D eigenvalue weighted by atomic mass is 19.1. The molecule has 0 bridgehead atoms. The molecule has 3 aromatic carbocycles. The molecule has 158 valence electrons. The van der Waals surface area contributed by atoms with Crippen LogP contribution in [0.5, 0.6) is 0 Å². The van der Waals surface area contributed by atoms with E-state index in [2.05, 4.69) is 0 Å². The Labute approximate surface area is 176 Å². The molecule has 0 spiro atoms. The van der Waals surface area contributed by atoms with E-state index in [-0.39, 0.29) is 18.6 Å². The molecule has 1 saturated heterocycles. The third kappa shape index (κ3) is 4.45. The van der Waals surface area contributed by atoms with Crippen LogP contribution < -0.4 is 0 Å². The molecule has 1 fully saturated rings. The molecule has 1 aliphatic rings. The Morgan fingerprint density at radius 3 is 2.19 bits per heavy atom. The first-order valence-corrected chi connectivity index (χ1v) is 9.67. The summed E-state index contributed by atoms with van der Waals surface area (Å²) in [5.41, 5.74) is 1.43. The molecule has 3 aromatic rings. The first-order valence-electron chi connectivity index (χ1n) is 9.67. The van der Waals surface area contributed by atoms with Gasteiger partial charge in [0.15, 0.2) is 0 Å². The molecule has 0 aliphatic carbocycles. The highest BCUT2D eigenvalue weighted by molar-refractivity contribution is 5.94. The van der Waals surface area contributed by atoms with Gasteiger partial charge in [-0.25, -0.2) is 22.9 Å². The number of hydrogen-bond acceptors (Lipinski definition) is 3. The maximum absolute atomic E-state index is 13.9. The number of carbonyl (C=O) groups is 2. The lowest BCUT2D eigenvalue weighted by molar-refractivity contribution is -0.129. The van der Waals surface area contributed by atoms with Crippen LogP contribution in [0.1, 0.15) is 35.1 Å². The second-order valence-corrected chi connectivity index (χ2v) is 7.28. The standard InChI is InChI=1S/C24H18F3NO3/c25-18-8-6-15(7-9-18)21(17-10-19(26)12-20(27)11-17)13-23(29)28-22(14-31-24(28)30)16-4-2-1-3-5-16/h1-12,21-22H,13-14H2/t21-,22+/m0/s1. The fourth-order valence-electron chi connectivity index (χ4n) is 3.79. The SMILES string of the molecule is O=C(C[C@@H](c1ccc(F)cc1)c1cc(F)cc(F)c1)N1C(=O)OC[C@@H]1c1ccccc1. The monoisotopic (exact) mass is 425 g/mol. The number of rotatable bonds is 5. The third-order valence-corrected chi connectivity index (χ3v) is 5.26. The first kappa shape index (κ1) is 20.7. The predicted molar refractivity (Wildman–Crippen MR) is 107 cm³/mol. The van der Waals surface area contributed by atoms with Crippen LogP contribution in [0.2, 0.25) is 0 Å². The van der Waals surface area contributed by atoms with Crippen molar-refractivity contribution in [3.63, 3.8) is 0 Å². The van der Waals surface area contributed by atoms with E-state index < -0.39 is 41.4 Å². The molecular formula is C24H18F3NO3. The van der Waals surface area contributed by atoms with Crippen LogP contribution in [0.15, 0.2) is 72.8 Å². The minimum absolute atomic E-state index is 0.0182. The Morgan fingerprint density at radius 1 is 0.903 bits per heavy atom. The van der Waals surface area contributed by atoms with E-state index in [0.29, 0.717) is 5.56 Å². The van der Waals surface area contributed by atoms with Crippen molar-refractivity contribution in [3.05, 3.63) is 107 Å². The maximum atomic E-state index is 13.9. The highest BCUT2D eigenvalue weighted by Crippen LogP contribution is 2.34. The van der Waals surface area contributed by atoms with Crippen molar-refractivity contribution in [2.24, 2.45) is 0 Å². The molecule has 0 radical (unpaired) electrons. The predicted octanol–water partition coefficient (Wildman–Crippen LogP) is 5.35. The zero-order valence-corrected chi connectivity index (χ0v) is 16.3. The first-order chi connectivity index (χ1) is 14.9. The number of ether oxygens (including phenoxy) is 1. The number of nitrogens with zero attached hydrogens (tertiary/aromatic N) is 1. The van der Waals surface area contributed by atoms with Crippen molar-refractivity contribution in [1.82, 2.24) is 4.90 Å². The molecule has 1 aliphatic heterocycles. The van der Waals surface area contributed by atoms with Crippen LogP contribution in [0.25, 0.3) is 0 Å². The van der Waals surface area contributed by atoms with Gasteiger partial charge in [0.05, 0.1) is 0 Å². The van der Waals surface area contributed by atoms with Gasteiger partial charge >= 0.3 is 6.09 Å². The van der Waals surface area contributed by atoms with Gasteiger partial charge in [0.25, 0.3) is 0 Å². The minimum atomic E-state index is -0.794. The van der Waals surface area contributed by atoms with Crippen molar-refractivity contribution in [2.45, 2.75) is 18.4 Å². The van der Waals surface area contributed by atoms with Crippen molar-refractivity contribution >= 4 is 12.0 Å². The van der Waals surface area contributed by atoms with Crippen molar-refractivity contribution < 1.29 is 27.5 Å². The summed E-state index contributed by atoms with van der Waals surface area (Å²) in [5, 5.41) is 0. The van der Waals surface area contributed by atoms with Crippen molar-refractivity contribution in [1.29, 1.82) is 0 Å². The van der Waals surface area contributed by atoms with Crippen molar-refractivity contribution in [2.75, 3.05) is 6.61 Å². The number of benzene rings is 3. The fraction of sp³-hybridized carbons (Fsp3) is 0.167.